The summed E-state index contributed by atoms with van der Waals surface area (Å²) < 4.78 is 0. The second kappa shape index (κ2) is 5.42. The van der Waals surface area contributed by atoms with Crippen molar-refractivity contribution in [3.05, 3.63) is 40.6 Å². The van der Waals surface area contributed by atoms with Crippen molar-refractivity contribution < 1.29 is 4.92 Å². The minimum atomic E-state index is -0.372. The van der Waals surface area contributed by atoms with Gasteiger partial charge >= 0.3 is 0 Å². The number of aromatic nitrogens is 1. The number of nitrogens with one attached hydrogen (secondary N) is 1. The maximum absolute atomic E-state index is 11.1. The molecule has 0 aliphatic carbocycles. The van der Waals surface area contributed by atoms with Crippen LogP contribution in [0.2, 0.25) is 0 Å². The van der Waals surface area contributed by atoms with Gasteiger partial charge in [-0.3, -0.25) is 10.1 Å². The second-order valence-corrected chi connectivity index (χ2v) is 4.85. The largest absolute Gasteiger partial charge is 0.370 e. The Balaban J connectivity index is 2.12. The number of hydrogen-bond donors (Lipinski definition) is 1. The van der Waals surface area contributed by atoms with Gasteiger partial charge < -0.3 is 10.2 Å². The van der Waals surface area contributed by atoms with Gasteiger partial charge in [0.25, 0.3) is 5.69 Å². The molecule has 104 valence electrons. The van der Waals surface area contributed by atoms with E-state index >= 15 is 0 Å². The molecule has 20 heavy (non-hydrogen) atoms. The Morgan fingerprint density at radius 2 is 2.15 bits per heavy atom. The number of nitro benzene ring substituents is 1. The maximum atomic E-state index is 11.1. The van der Waals surface area contributed by atoms with Crippen molar-refractivity contribution in [2.75, 3.05) is 31.1 Å². The lowest BCUT2D eigenvalue weighted by atomic mass is 10.1. The first-order chi connectivity index (χ1) is 9.77. The lowest BCUT2D eigenvalue weighted by Gasteiger charge is -2.23. The molecule has 1 aromatic carbocycles. The van der Waals surface area contributed by atoms with Gasteiger partial charge in [-0.05, 0) is 31.2 Å². The molecule has 1 aromatic heterocycles. The highest BCUT2D eigenvalue weighted by Crippen LogP contribution is 2.32. The summed E-state index contributed by atoms with van der Waals surface area (Å²) in [7, 11) is 0. The number of nitrogens with zero attached hydrogens (tertiary/aromatic N) is 3. The van der Waals surface area contributed by atoms with E-state index in [0.29, 0.717) is 5.52 Å². The van der Waals surface area contributed by atoms with Gasteiger partial charge in [0.05, 0.1) is 4.92 Å². The van der Waals surface area contributed by atoms with E-state index in [4.69, 9.17) is 0 Å². The van der Waals surface area contributed by atoms with Crippen LogP contribution in [0.15, 0.2) is 30.5 Å². The summed E-state index contributed by atoms with van der Waals surface area (Å²) in [5.41, 5.74) is 1.56. The molecular weight excluding hydrogens is 256 g/mol. The maximum Gasteiger partial charge on any atom is 0.295 e. The molecule has 0 spiro atoms. The zero-order valence-corrected chi connectivity index (χ0v) is 11.1. The standard InChI is InChI=1S/C14H16N4O2/c19-18(20)13-5-4-12(11-3-1-7-16-14(11)13)17-9-2-6-15-8-10-17/h1,3-5,7,15H,2,6,8-10H2. The van der Waals surface area contributed by atoms with E-state index in [0.717, 1.165) is 43.7 Å². The highest BCUT2D eigenvalue weighted by molar-refractivity contribution is 5.97. The smallest absolute Gasteiger partial charge is 0.295 e. The van der Waals surface area contributed by atoms with Gasteiger partial charge in [0.2, 0.25) is 0 Å². The van der Waals surface area contributed by atoms with E-state index in [9.17, 15) is 10.1 Å². The Bertz CT molecular complexity index is 636. The average molecular weight is 272 g/mol. The molecule has 0 atom stereocenters. The lowest BCUT2D eigenvalue weighted by Crippen LogP contribution is -2.28. The Labute approximate surface area is 116 Å². The number of rotatable bonds is 2. The minimum Gasteiger partial charge on any atom is -0.370 e. The van der Waals surface area contributed by atoms with Crippen LogP contribution in [-0.4, -0.2) is 36.1 Å². The molecule has 2 aromatic rings. The minimum absolute atomic E-state index is 0.0669. The Morgan fingerprint density at radius 1 is 1.25 bits per heavy atom. The summed E-state index contributed by atoms with van der Waals surface area (Å²) in [5, 5.41) is 15.3. The van der Waals surface area contributed by atoms with Gasteiger partial charge in [-0.1, -0.05) is 0 Å². The third-order valence-corrected chi connectivity index (χ3v) is 3.60. The first-order valence-corrected chi connectivity index (χ1v) is 6.75. The van der Waals surface area contributed by atoms with Crippen LogP contribution < -0.4 is 10.2 Å². The van der Waals surface area contributed by atoms with Crippen LogP contribution in [0.25, 0.3) is 10.9 Å². The summed E-state index contributed by atoms with van der Waals surface area (Å²) in [5.74, 6) is 0. The van der Waals surface area contributed by atoms with Crippen molar-refractivity contribution >= 4 is 22.3 Å². The van der Waals surface area contributed by atoms with E-state index in [1.165, 1.54) is 0 Å². The van der Waals surface area contributed by atoms with E-state index in [1.54, 1.807) is 12.3 Å². The van der Waals surface area contributed by atoms with Gasteiger partial charge in [0.15, 0.2) is 0 Å². The number of hydrogen-bond acceptors (Lipinski definition) is 5. The van der Waals surface area contributed by atoms with Gasteiger partial charge in [-0.2, -0.15) is 0 Å². The summed E-state index contributed by atoms with van der Waals surface area (Å²) in [6, 6.07) is 7.13. The molecule has 0 amide bonds. The van der Waals surface area contributed by atoms with Crippen molar-refractivity contribution in [1.82, 2.24) is 10.3 Å². The van der Waals surface area contributed by atoms with Crippen LogP contribution in [0.1, 0.15) is 6.42 Å². The van der Waals surface area contributed by atoms with E-state index in [-0.39, 0.29) is 10.6 Å². The van der Waals surface area contributed by atoms with Gasteiger partial charge in [-0.15, -0.1) is 0 Å². The topological polar surface area (TPSA) is 71.3 Å². The van der Waals surface area contributed by atoms with Crippen LogP contribution >= 0.6 is 0 Å². The van der Waals surface area contributed by atoms with Crippen LogP contribution in [0, 0.1) is 10.1 Å². The first kappa shape index (κ1) is 12.8. The molecule has 1 aliphatic rings. The molecule has 6 heteroatoms. The molecule has 0 radical (unpaired) electrons. The zero-order valence-electron chi connectivity index (χ0n) is 11.1. The fourth-order valence-corrected chi connectivity index (χ4v) is 2.65. The second-order valence-electron chi connectivity index (χ2n) is 4.85. The quantitative estimate of drug-likeness (QED) is 0.668. The van der Waals surface area contributed by atoms with E-state index < -0.39 is 0 Å². The van der Waals surface area contributed by atoms with Crippen LogP contribution in [0.5, 0.6) is 0 Å². The molecule has 1 N–H and O–H groups in total. The van der Waals surface area contributed by atoms with Gasteiger partial charge in [-0.25, -0.2) is 4.98 Å². The van der Waals surface area contributed by atoms with Crippen molar-refractivity contribution in [2.24, 2.45) is 0 Å². The average Bonchev–Trinajstić information content (AvgIpc) is 2.75. The third-order valence-electron chi connectivity index (χ3n) is 3.60. The van der Waals surface area contributed by atoms with Crippen LogP contribution in [-0.2, 0) is 0 Å². The van der Waals surface area contributed by atoms with Crippen LogP contribution in [0.3, 0.4) is 0 Å². The van der Waals surface area contributed by atoms with Crippen molar-refractivity contribution in [2.45, 2.75) is 6.42 Å². The molecule has 0 unspecified atom stereocenters. The Kier molecular flexibility index (Phi) is 3.47. The number of non-ortho nitro benzene ring substituents is 1. The number of fused-ring (bicyclic) bond motifs is 1. The van der Waals surface area contributed by atoms with Crippen molar-refractivity contribution in [3.8, 4) is 0 Å². The van der Waals surface area contributed by atoms with E-state index in [1.807, 2.05) is 18.2 Å². The summed E-state index contributed by atoms with van der Waals surface area (Å²) in [4.78, 5) is 17.2. The van der Waals surface area contributed by atoms with Crippen molar-refractivity contribution in [1.29, 1.82) is 0 Å². The fourth-order valence-electron chi connectivity index (χ4n) is 2.65. The Hall–Kier alpha value is -2.21. The number of nitro groups is 1. The predicted octanol–water partition coefficient (Wildman–Crippen LogP) is 1.94. The normalized spacial score (nSPS) is 16.1. The molecule has 1 saturated heterocycles. The van der Waals surface area contributed by atoms with Gasteiger partial charge in [0.1, 0.15) is 5.52 Å². The predicted molar refractivity (Wildman–Crippen MR) is 78.1 cm³/mol. The molecular formula is C14H16N4O2. The fraction of sp³-hybridized carbons (Fsp3) is 0.357. The lowest BCUT2D eigenvalue weighted by molar-refractivity contribution is -0.383. The SMILES string of the molecule is O=[N+]([O-])c1ccc(N2CCCNCC2)c2cccnc12. The molecule has 0 bridgehead atoms. The van der Waals surface area contributed by atoms with Crippen LogP contribution in [0.4, 0.5) is 11.4 Å². The highest BCUT2D eigenvalue weighted by atomic mass is 16.6. The number of benzene rings is 1. The molecule has 1 aliphatic heterocycles. The molecule has 2 heterocycles. The molecule has 1 fully saturated rings. The summed E-state index contributed by atoms with van der Waals surface area (Å²) >= 11 is 0. The summed E-state index contributed by atoms with van der Waals surface area (Å²) in [6.45, 7) is 3.80. The molecule has 0 saturated carbocycles. The van der Waals surface area contributed by atoms with E-state index in [2.05, 4.69) is 15.2 Å². The number of pyridine rings is 1. The Morgan fingerprint density at radius 3 is 3.00 bits per heavy atom. The molecule has 6 nitrogen and oxygen atoms in total. The number of anilines is 1. The van der Waals surface area contributed by atoms with Gasteiger partial charge in [0, 0.05) is 43.0 Å². The monoisotopic (exact) mass is 272 g/mol. The molecule has 3 rings (SSSR count). The zero-order chi connectivity index (χ0) is 13.9. The highest BCUT2D eigenvalue weighted by Gasteiger charge is 2.18. The van der Waals surface area contributed by atoms with Crippen molar-refractivity contribution in [3.63, 3.8) is 0 Å². The third kappa shape index (κ3) is 2.30. The first-order valence-electron chi connectivity index (χ1n) is 6.75. The summed E-state index contributed by atoms with van der Waals surface area (Å²) in [6.07, 6.45) is 2.67.